The molecule has 0 rings (SSSR count). The van der Waals surface area contributed by atoms with E-state index in [9.17, 15) is 9.59 Å². The second kappa shape index (κ2) is 11.1. The molecule has 0 aliphatic heterocycles. The van der Waals surface area contributed by atoms with Crippen LogP contribution < -0.4 is 0 Å². The summed E-state index contributed by atoms with van der Waals surface area (Å²) in [6.07, 6.45) is 2.62. The molecule has 0 radical (unpaired) electrons. The highest BCUT2D eigenvalue weighted by Gasteiger charge is 2.30. The van der Waals surface area contributed by atoms with Crippen LogP contribution in [0.4, 0.5) is 0 Å². The summed E-state index contributed by atoms with van der Waals surface area (Å²) in [5.41, 5.74) is 0.353. The van der Waals surface area contributed by atoms with Crippen LogP contribution in [-0.4, -0.2) is 47.4 Å². The van der Waals surface area contributed by atoms with Crippen LogP contribution >= 0.6 is 0 Å². The molecule has 6 nitrogen and oxygen atoms in total. The third-order valence-electron chi connectivity index (χ3n) is 3.49. The number of rotatable bonds is 12. The summed E-state index contributed by atoms with van der Waals surface area (Å²) in [4.78, 5) is 22.7. The first-order valence-electron chi connectivity index (χ1n) is 7.54. The van der Waals surface area contributed by atoms with Gasteiger partial charge in [0.15, 0.2) is 0 Å². The van der Waals surface area contributed by atoms with Gasteiger partial charge in [-0.1, -0.05) is 13.2 Å². The summed E-state index contributed by atoms with van der Waals surface area (Å²) in [6.45, 7) is 10.7. The molecule has 1 unspecified atom stereocenters. The predicted molar refractivity (Wildman–Crippen MR) is 90.1 cm³/mol. The Morgan fingerprint density at radius 2 is 1.83 bits per heavy atom. The maximum absolute atomic E-state index is 11.7. The molecule has 132 valence electrons. The molecule has 0 amide bonds. The van der Waals surface area contributed by atoms with Gasteiger partial charge in [-0.3, -0.25) is 0 Å². The summed E-state index contributed by atoms with van der Waals surface area (Å²) < 4.78 is 21.2. The van der Waals surface area contributed by atoms with Crippen molar-refractivity contribution < 1.29 is 27.9 Å². The van der Waals surface area contributed by atoms with Crippen LogP contribution in [0.25, 0.3) is 0 Å². The van der Waals surface area contributed by atoms with Crippen molar-refractivity contribution >= 4 is 20.5 Å². The molecular formula is C16H28O6Si. The molecule has 23 heavy (non-hydrogen) atoms. The smallest absolute Gasteiger partial charge is 0.334 e. The van der Waals surface area contributed by atoms with E-state index in [4.69, 9.17) is 18.3 Å². The average Bonchev–Trinajstić information content (AvgIpc) is 2.55. The van der Waals surface area contributed by atoms with Gasteiger partial charge in [0.05, 0.1) is 6.61 Å². The second-order valence-electron chi connectivity index (χ2n) is 5.40. The zero-order chi connectivity index (χ0) is 17.9. The number of carbonyl (C=O) groups is 2. The summed E-state index contributed by atoms with van der Waals surface area (Å²) in [7, 11) is 1.03. The van der Waals surface area contributed by atoms with E-state index in [1.807, 2.05) is 6.55 Å². The molecule has 0 heterocycles. The van der Waals surface area contributed by atoms with Crippen molar-refractivity contribution in [2.24, 2.45) is 0 Å². The molecule has 7 heteroatoms. The Morgan fingerprint density at radius 1 is 1.22 bits per heavy atom. The van der Waals surface area contributed by atoms with Gasteiger partial charge in [0.2, 0.25) is 0 Å². The van der Waals surface area contributed by atoms with Crippen molar-refractivity contribution in [3.63, 3.8) is 0 Å². The quantitative estimate of drug-likeness (QED) is 0.235. The van der Waals surface area contributed by atoms with Gasteiger partial charge in [0, 0.05) is 25.9 Å². The zero-order valence-corrected chi connectivity index (χ0v) is 15.6. The Kier molecular flexibility index (Phi) is 10.4. The number of carbonyl (C=O) groups excluding carboxylic acids is 2. The fourth-order valence-corrected chi connectivity index (χ4v) is 3.19. The zero-order valence-electron chi connectivity index (χ0n) is 14.6. The van der Waals surface area contributed by atoms with Crippen molar-refractivity contribution in [3.05, 3.63) is 24.8 Å². The molecule has 0 N–H and O–H groups in total. The molecule has 0 bridgehead atoms. The third-order valence-corrected chi connectivity index (χ3v) is 6.41. The highest BCUT2D eigenvalue weighted by atomic mass is 28.4. The first-order valence-corrected chi connectivity index (χ1v) is 10.1. The fourth-order valence-electron chi connectivity index (χ4n) is 1.77. The molecule has 0 aromatic heterocycles. The third kappa shape index (κ3) is 9.32. The van der Waals surface area contributed by atoms with E-state index in [1.165, 1.54) is 0 Å². The van der Waals surface area contributed by atoms with Gasteiger partial charge in [-0.15, -0.1) is 0 Å². The maximum Gasteiger partial charge on any atom is 0.334 e. The van der Waals surface area contributed by atoms with Crippen LogP contribution in [0.1, 0.15) is 26.2 Å². The number of ether oxygens (including phenoxy) is 2. The van der Waals surface area contributed by atoms with Crippen molar-refractivity contribution in [1.82, 2.24) is 0 Å². The van der Waals surface area contributed by atoms with Crippen molar-refractivity contribution in [2.45, 2.75) is 44.9 Å². The van der Waals surface area contributed by atoms with Crippen LogP contribution in [0, 0.1) is 0 Å². The normalized spacial score (nSPS) is 12.3. The van der Waals surface area contributed by atoms with Crippen LogP contribution in [0.5, 0.6) is 0 Å². The van der Waals surface area contributed by atoms with Crippen molar-refractivity contribution in [3.8, 4) is 0 Å². The average molecular weight is 344 g/mol. The number of hydrogen-bond donors (Lipinski definition) is 0. The van der Waals surface area contributed by atoms with Crippen LogP contribution in [0.2, 0.25) is 12.6 Å². The Hall–Kier alpha value is -1.44. The number of hydrogen-bond acceptors (Lipinski definition) is 6. The largest absolute Gasteiger partial charge is 0.463 e. The van der Waals surface area contributed by atoms with E-state index in [-0.39, 0.29) is 12.7 Å². The minimum absolute atomic E-state index is 0.259. The second-order valence-corrected chi connectivity index (χ2v) is 8.99. The lowest BCUT2D eigenvalue weighted by atomic mass is 10.1. The van der Waals surface area contributed by atoms with E-state index in [2.05, 4.69) is 13.2 Å². The van der Waals surface area contributed by atoms with Gasteiger partial charge >= 0.3 is 20.5 Å². The summed E-state index contributed by atoms with van der Waals surface area (Å²) >= 11 is 0. The molecule has 0 fully saturated rings. The van der Waals surface area contributed by atoms with E-state index >= 15 is 0 Å². The van der Waals surface area contributed by atoms with Gasteiger partial charge in [0.25, 0.3) is 0 Å². The first kappa shape index (κ1) is 21.6. The van der Waals surface area contributed by atoms with Gasteiger partial charge in [0.1, 0.15) is 6.10 Å². The molecule has 1 atom stereocenters. The molecular weight excluding hydrogens is 316 g/mol. The lowest BCUT2D eigenvalue weighted by molar-refractivity contribution is -0.145. The number of esters is 2. The summed E-state index contributed by atoms with van der Waals surface area (Å²) in [6, 6.07) is 0.695. The van der Waals surface area contributed by atoms with Crippen LogP contribution in [-0.2, 0) is 27.9 Å². The highest BCUT2D eigenvalue weighted by Crippen LogP contribution is 2.20. The summed E-state index contributed by atoms with van der Waals surface area (Å²) in [5, 5.41) is 0. The minimum atomic E-state index is -2.22. The molecule has 0 aliphatic carbocycles. The Balaban J connectivity index is 4.50. The summed E-state index contributed by atoms with van der Waals surface area (Å²) in [5.74, 6) is -0.879. The van der Waals surface area contributed by atoms with Gasteiger partial charge in [-0.2, -0.15) is 0 Å². The van der Waals surface area contributed by atoms with Gasteiger partial charge in [-0.25, -0.2) is 9.59 Å². The van der Waals surface area contributed by atoms with E-state index in [1.54, 1.807) is 21.1 Å². The first-order chi connectivity index (χ1) is 10.8. The highest BCUT2D eigenvalue weighted by molar-refractivity contribution is 6.65. The lowest BCUT2D eigenvalue weighted by Gasteiger charge is -2.25. The van der Waals surface area contributed by atoms with Crippen LogP contribution in [0.15, 0.2) is 24.8 Å². The standard InChI is InChI=1S/C16H28O6Si/c1-7-15(17)21-11-8-9-14(22-16(18)13(2)3)10-12-23(6,19-4)20-5/h7,14H,1-2,8-12H2,3-6H3. The Labute approximate surface area is 139 Å². The molecule has 0 aromatic rings. The van der Waals surface area contributed by atoms with Gasteiger partial charge < -0.3 is 18.3 Å². The Bertz CT molecular complexity index is 417. The van der Waals surface area contributed by atoms with E-state index < -0.39 is 20.5 Å². The lowest BCUT2D eigenvalue weighted by Crippen LogP contribution is -2.37. The maximum atomic E-state index is 11.7. The molecule has 0 saturated carbocycles. The molecule has 0 spiro atoms. The fraction of sp³-hybridized carbons (Fsp3) is 0.625. The molecule has 0 aliphatic rings. The van der Waals surface area contributed by atoms with Gasteiger partial charge in [-0.05, 0) is 38.8 Å². The molecule has 0 aromatic carbocycles. The Morgan fingerprint density at radius 3 is 2.30 bits per heavy atom. The van der Waals surface area contributed by atoms with Crippen LogP contribution in [0.3, 0.4) is 0 Å². The predicted octanol–water partition coefficient (Wildman–Crippen LogP) is 2.74. The minimum Gasteiger partial charge on any atom is -0.463 e. The topological polar surface area (TPSA) is 71.1 Å². The van der Waals surface area contributed by atoms with E-state index in [0.717, 1.165) is 6.08 Å². The van der Waals surface area contributed by atoms with Crippen molar-refractivity contribution in [2.75, 3.05) is 20.8 Å². The molecule has 0 saturated heterocycles. The SMILES string of the molecule is C=CC(=O)OCCCC(CC[Si](C)(OC)OC)OC(=O)C(=C)C. The monoisotopic (exact) mass is 344 g/mol. The van der Waals surface area contributed by atoms with E-state index in [0.29, 0.717) is 30.9 Å². The van der Waals surface area contributed by atoms with Crippen molar-refractivity contribution in [1.29, 1.82) is 0 Å².